The molecule has 2 N–H and O–H groups in total. The zero-order chi connectivity index (χ0) is 33.8. The van der Waals surface area contributed by atoms with Crippen LogP contribution in [0, 0.1) is 5.82 Å². The van der Waals surface area contributed by atoms with E-state index in [0.717, 1.165) is 18.2 Å². The van der Waals surface area contributed by atoms with Gasteiger partial charge in [-0.3, -0.25) is 14.4 Å². The van der Waals surface area contributed by atoms with E-state index in [2.05, 4.69) is 5.32 Å². The molecule has 246 valence electrons. The minimum atomic E-state index is -5.19. The molecule has 0 aliphatic carbocycles. The predicted octanol–water partition coefficient (Wildman–Crippen LogP) is 5.41. The third-order valence-electron chi connectivity index (χ3n) is 6.92. The van der Waals surface area contributed by atoms with Crippen LogP contribution in [0.25, 0.3) is 0 Å². The number of halogens is 8. The number of alkyl halides is 6. The maximum atomic E-state index is 13.8. The lowest BCUT2D eigenvalue weighted by Crippen LogP contribution is -2.56. The Hall–Kier alpha value is -4.37. The second-order valence-corrected chi connectivity index (χ2v) is 10.5. The van der Waals surface area contributed by atoms with Crippen LogP contribution in [0.5, 0.6) is 5.75 Å². The van der Waals surface area contributed by atoms with Gasteiger partial charge < -0.3 is 25.0 Å². The number of rotatable bonds is 9. The third-order valence-corrected chi connectivity index (χ3v) is 7.15. The molecule has 0 fully saturated rings. The SMILES string of the molecule is COCCN1C(=O)[C@H](NC(=O)[C@@H](Cc2ccccc2C(F)(F)F)NC(=O)c2ccc(F)cc2C(F)(F)F)COc2cc(Cl)ccc21. The molecule has 16 heteroatoms. The molecule has 3 aromatic rings. The van der Waals surface area contributed by atoms with Crippen LogP contribution >= 0.6 is 11.6 Å². The summed E-state index contributed by atoms with van der Waals surface area (Å²) in [4.78, 5) is 41.5. The number of amides is 3. The number of anilines is 1. The fourth-order valence-electron chi connectivity index (χ4n) is 4.76. The van der Waals surface area contributed by atoms with Gasteiger partial charge in [0.2, 0.25) is 5.91 Å². The van der Waals surface area contributed by atoms with Gasteiger partial charge in [-0.15, -0.1) is 0 Å². The van der Waals surface area contributed by atoms with E-state index >= 15 is 0 Å². The van der Waals surface area contributed by atoms with Crippen molar-refractivity contribution in [2.45, 2.75) is 30.9 Å². The summed E-state index contributed by atoms with van der Waals surface area (Å²) < 4.78 is 107. The maximum Gasteiger partial charge on any atom is 0.417 e. The number of benzene rings is 3. The highest BCUT2D eigenvalue weighted by atomic mass is 35.5. The summed E-state index contributed by atoms with van der Waals surface area (Å²) in [5.41, 5.74) is -4.10. The van der Waals surface area contributed by atoms with E-state index in [1.165, 1.54) is 36.3 Å². The zero-order valence-electron chi connectivity index (χ0n) is 23.8. The standard InChI is InChI=1S/C30H25ClF7N3O5/c1-45-11-10-41-24-9-6-17(31)13-25(24)46-15-23(28(41)44)40-27(43)22(12-16-4-2-3-5-20(16)29(33,34)35)39-26(42)19-8-7-18(32)14-21(19)30(36,37)38/h2-9,13-14,22-23H,10-12,15H2,1H3,(H,39,42)(H,40,43)/t22-,23-/m1/s1. The Bertz CT molecular complexity index is 1620. The van der Waals surface area contributed by atoms with Crippen LogP contribution in [0.1, 0.15) is 27.0 Å². The lowest BCUT2D eigenvalue weighted by atomic mass is 9.98. The number of nitrogens with one attached hydrogen (secondary N) is 2. The van der Waals surface area contributed by atoms with Gasteiger partial charge in [0, 0.05) is 31.2 Å². The Morgan fingerprint density at radius 2 is 1.72 bits per heavy atom. The summed E-state index contributed by atoms with van der Waals surface area (Å²) in [6.45, 7) is -0.429. The van der Waals surface area contributed by atoms with Crippen LogP contribution in [-0.4, -0.2) is 56.7 Å². The first-order valence-corrected chi connectivity index (χ1v) is 13.8. The van der Waals surface area contributed by atoms with Gasteiger partial charge in [-0.05, 0) is 42.0 Å². The Kier molecular flexibility index (Phi) is 10.5. The number of fused-ring (bicyclic) bond motifs is 1. The molecular weight excluding hydrogens is 651 g/mol. The molecule has 0 bridgehead atoms. The van der Waals surface area contributed by atoms with E-state index in [9.17, 15) is 45.1 Å². The molecule has 0 saturated heterocycles. The second-order valence-electron chi connectivity index (χ2n) is 10.0. The van der Waals surface area contributed by atoms with Crippen molar-refractivity contribution in [1.82, 2.24) is 10.6 Å². The Morgan fingerprint density at radius 1 is 1.02 bits per heavy atom. The monoisotopic (exact) mass is 675 g/mol. The first-order valence-electron chi connectivity index (χ1n) is 13.5. The molecule has 0 unspecified atom stereocenters. The van der Waals surface area contributed by atoms with Gasteiger partial charge in [0.15, 0.2) is 0 Å². The molecule has 0 radical (unpaired) electrons. The van der Waals surface area contributed by atoms with Crippen LogP contribution in [-0.2, 0) is 33.1 Å². The van der Waals surface area contributed by atoms with Crippen molar-refractivity contribution in [3.8, 4) is 5.75 Å². The van der Waals surface area contributed by atoms with E-state index in [0.29, 0.717) is 12.1 Å². The minimum absolute atomic E-state index is 0.0103. The summed E-state index contributed by atoms with van der Waals surface area (Å²) >= 11 is 6.06. The van der Waals surface area contributed by atoms with Crippen molar-refractivity contribution >= 4 is 35.0 Å². The van der Waals surface area contributed by atoms with E-state index in [-0.39, 0.29) is 35.7 Å². The van der Waals surface area contributed by atoms with Gasteiger partial charge in [-0.1, -0.05) is 29.8 Å². The summed E-state index contributed by atoms with van der Waals surface area (Å²) in [5.74, 6) is -4.58. The summed E-state index contributed by atoms with van der Waals surface area (Å²) in [7, 11) is 1.39. The number of hydrogen-bond acceptors (Lipinski definition) is 5. The fraction of sp³-hybridized carbons (Fsp3) is 0.300. The van der Waals surface area contributed by atoms with Crippen LogP contribution in [0.3, 0.4) is 0 Å². The smallest absolute Gasteiger partial charge is 0.417 e. The number of hydrogen-bond donors (Lipinski definition) is 2. The largest absolute Gasteiger partial charge is 0.489 e. The minimum Gasteiger partial charge on any atom is -0.489 e. The van der Waals surface area contributed by atoms with Crippen molar-refractivity contribution in [1.29, 1.82) is 0 Å². The summed E-state index contributed by atoms with van der Waals surface area (Å²) in [6, 6.07) is 6.27. The second kappa shape index (κ2) is 14.0. The normalized spacial score (nSPS) is 15.8. The topological polar surface area (TPSA) is 97.0 Å². The van der Waals surface area contributed by atoms with Crippen molar-refractivity contribution in [3.63, 3.8) is 0 Å². The molecule has 3 amide bonds. The van der Waals surface area contributed by atoms with Crippen molar-refractivity contribution in [2.75, 3.05) is 31.8 Å². The summed E-state index contributed by atoms with van der Waals surface area (Å²) in [5, 5.41) is 4.65. The van der Waals surface area contributed by atoms with Crippen molar-refractivity contribution < 1.29 is 54.6 Å². The third kappa shape index (κ3) is 8.07. The molecule has 0 spiro atoms. The molecule has 2 atom stereocenters. The van der Waals surface area contributed by atoms with Crippen molar-refractivity contribution in [2.24, 2.45) is 0 Å². The average Bonchev–Trinajstić information content (AvgIpc) is 3.10. The van der Waals surface area contributed by atoms with Crippen LogP contribution in [0.15, 0.2) is 60.7 Å². The van der Waals surface area contributed by atoms with E-state index < -0.39 is 83.3 Å². The maximum absolute atomic E-state index is 13.8. The molecule has 4 rings (SSSR count). The highest BCUT2D eigenvalue weighted by molar-refractivity contribution is 6.30. The van der Waals surface area contributed by atoms with Gasteiger partial charge in [-0.2, -0.15) is 26.3 Å². The van der Waals surface area contributed by atoms with Crippen LogP contribution in [0.2, 0.25) is 5.02 Å². The molecule has 0 saturated carbocycles. The van der Waals surface area contributed by atoms with Crippen molar-refractivity contribution in [3.05, 3.63) is 93.8 Å². The number of ether oxygens (including phenoxy) is 2. The van der Waals surface area contributed by atoms with Gasteiger partial charge >= 0.3 is 12.4 Å². The molecular formula is C30H25ClF7N3O5. The Labute approximate surface area is 262 Å². The van der Waals surface area contributed by atoms with Crippen LogP contribution < -0.4 is 20.3 Å². The number of methoxy groups -OCH3 is 1. The predicted molar refractivity (Wildman–Crippen MR) is 151 cm³/mol. The van der Waals surface area contributed by atoms with Gasteiger partial charge in [0.05, 0.1) is 29.0 Å². The lowest BCUT2D eigenvalue weighted by Gasteiger charge is -2.26. The highest BCUT2D eigenvalue weighted by Crippen LogP contribution is 2.35. The van der Waals surface area contributed by atoms with Gasteiger partial charge in [0.1, 0.15) is 30.3 Å². The number of nitrogens with zero attached hydrogens (tertiary/aromatic N) is 1. The molecule has 46 heavy (non-hydrogen) atoms. The van der Waals surface area contributed by atoms with Gasteiger partial charge in [0.25, 0.3) is 11.8 Å². The molecule has 0 aromatic heterocycles. The average molecular weight is 676 g/mol. The molecule has 1 heterocycles. The molecule has 1 aliphatic rings. The molecule has 1 aliphatic heterocycles. The Morgan fingerprint density at radius 3 is 2.39 bits per heavy atom. The lowest BCUT2D eigenvalue weighted by molar-refractivity contribution is -0.139. The van der Waals surface area contributed by atoms with Crippen LogP contribution in [0.4, 0.5) is 36.4 Å². The first-order chi connectivity index (χ1) is 21.6. The first kappa shape index (κ1) is 34.5. The molecule has 8 nitrogen and oxygen atoms in total. The molecule has 3 aromatic carbocycles. The zero-order valence-corrected chi connectivity index (χ0v) is 24.5. The fourth-order valence-corrected chi connectivity index (χ4v) is 4.92. The summed E-state index contributed by atoms with van der Waals surface area (Å²) in [6.07, 6.45) is -10.9. The van der Waals surface area contributed by atoms with Gasteiger partial charge in [-0.25, -0.2) is 4.39 Å². The highest BCUT2D eigenvalue weighted by Gasteiger charge is 2.39. The van der Waals surface area contributed by atoms with E-state index in [1.807, 2.05) is 5.32 Å². The number of carbonyl (C=O) groups is 3. The quantitative estimate of drug-likeness (QED) is 0.296. The Balaban J connectivity index is 1.69. The van der Waals surface area contributed by atoms with E-state index in [1.54, 1.807) is 0 Å². The van der Waals surface area contributed by atoms with E-state index in [4.69, 9.17) is 21.1 Å². The number of carbonyl (C=O) groups excluding carboxylic acids is 3.